The van der Waals surface area contributed by atoms with Gasteiger partial charge in [0.15, 0.2) is 0 Å². The second kappa shape index (κ2) is 9.74. The third-order valence-electron chi connectivity index (χ3n) is 5.32. The molecule has 0 saturated carbocycles. The van der Waals surface area contributed by atoms with Gasteiger partial charge in [0.05, 0.1) is 0 Å². The van der Waals surface area contributed by atoms with Crippen LogP contribution in [0.2, 0.25) is 0 Å². The molecule has 1 atom stereocenters. The molecule has 0 fully saturated rings. The Hall–Kier alpha value is -2.89. The van der Waals surface area contributed by atoms with Crippen LogP contribution in [-0.2, 0) is 11.2 Å². The minimum atomic E-state index is -0.585. The molecular weight excluding hydrogens is 381 g/mol. The minimum absolute atomic E-state index is 0.178. The molecular formula is C24H30FN3O2. The van der Waals surface area contributed by atoms with E-state index >= 15 is 0 Å². The molecule has 0 aliphatic carbocycles. The summed E-state index contributed by atoms with van der Waals surface area (Å²) in [6.07, 6.45) is 1.37. The molecule has 5 nitrogen and oxygen atoms in total. The van der Waals surface area contributed by atoms with Crippen LogP contribution in [0.25, 0.3) is 0 Å². The van der Waals surface area contributed by atoms with Crippen LogP contribution in [0.1, 0.15) is 41.8 Å². The minimum Gasteiger partial charge on any atom is -0.369 e. The first kappa shape index (κ1) is 21.8. The molecule has 0 spiro atoms. The topological polar surface area (TPSA) is 61.4 Å². The van der Waals surface area contributed by atoms with E-state index in [0.29, 0.717) is 25.1 Å². The molecule has 0 bridgehead atoms. The van der Waals surface area contributed by atoms with Crippen LogP contribution in [0, 0.1) is 18.7 Å². The summed E-state index contributed by atoms with van der Waals surface area (Å²) in [7, 11) is 0. The van der Waals surface area contributed by atoms with E-state index in [1.54, 1.807) is 18.2 Å². The van der Waals surface area contributed by atoms with Gasteiger partial charge in [-0.2, -0.15) is 0 Å². The summed E-state index contributed by atoms with van der Waals surface area (Å²) in [5, 5.41) is 5.84. The highest BCUT2D eigenvalue weighted by Gasteiger charge is 2.23. The fraction of sp³-hybridized carbons (Fsp3) is 0.417. The molecule has 1 heterocycles. The first-order valence-corrected chi connectivity index (χ1v) is 10.5. The molecule has 1 unspecified atom stereocenters. The molecule has 2 N–H and O–H groups in total. The van der Waals surface area contributed by atoms with Gasteiger partial charge in [-0.3, -0.25) is 9.59 Å². The van der Waals surface area contributed by atoms with E-state index in [0.717, 1.165) is 29.8 Å². The number of nitrogens with one attached hydrogen (secondary N) is 2. The lowest BCUT2D eigenvalue weighted by Crippen LogP contribution is -2.48. The van der Waals surface area contributed by atoms with Gasteiger partial charge in [-0.15, -0.1) is 0 Å². The molecule has 0 radical (unpaired) electrons. The van der Waals surface area contributed by atoms with Crippen molar-refractivity contribution >= 4 is 17.5 Å². The molecule has 2 amide bonds. The fourth-order valence-electron chi connectivity index (χ4n) is 3.84. The highest BCUT2D eigenvalue weighted by molar-refractivity contribution is 5.97. The Balaban J connectivity index is 1.56. The smallest absolute Gasteiger partial charge is 0.251 e. The van der Waals surface area contributed by atoms with Crippen molar-refractivity contribution in [3.05, 3.63) is 65.0 Å². The van der Waals surface area contributed by atoms with Crippen LogP contribution in [-0.4, -0.2) is 37.5 Å². The average Bonchev–Trinajstić information content (AvgIpc) is 3.09. The maximum atomic E-state index is 13.4. The third-order valence-corrected chi connectivity index (χ3v) is 5.32. The average molecular weight is 412 g/mol. The molecule has 30 heavy (non-hydrogen) atoms. The summed E-state index contributed by atoms with van der Waals surface area (Å²) in [6, 6.07) is 11.6. The standard InChI is InChI=1S/C24H30FN3O2/c1-16(2)13-21(27-23(29)19-6-4-5-17(3)14-19)24(30)26-10-12-28-11-9-18-15-20(25)7-8-22(18)28/h4-8,14-16,21H,9-13H2,1-3H3,(H,26,30)(H,27,29). The van der Waals surface area contributed by atoms with Crippen LogP contribution < -0.4 is 15.5 Å². The number of benzene rings is 2. The van der Waals surface area contributed by atoms with Crippen molar-refractivity contribution < 1.29 is 14.0 Å². The van der Waals surface area contributed by atoms with Gasteiger partial charge in [0, 0.05) is 30.9 Å². The van der Waals surface area contributed by atoms with Crippen molar-refractivity contribution in [2.24, 2.45) is 5.92 Å². The first-order valence-electron chi connectivity index (χ1n) is 10.5. The number of hydrogen-bond donors (Lipinski definition) is 2. The zero-order chi connectivity index (χ0) is 21.7. The highest BCUT2D eigenvalue weighted by Crippen LogP contribution is 2.27. The molecule has 160 valence electrons. The lowest BCUT2D eigenvalue weighted by Gasteiger charge is -2.23. The Morgan fingerprint density at radius 2 is 1.97 bits per heavy atom. The van der Waals surface area contributed by atoms with Crippen LogP contribution in [0.3, 0.4) is 0 Å². The summed E-state index contributed by atoms with van der Waals surface area (Å²) in [5.41, 5.74) is 3.58. The van der Waals surface area contributed by atoms with Gasteiger partial charge in [-0.25, -0.2) is 4.39 Å². The summed E-state index contributed by atoms with van der Waals surface area (Å²) in [5.74, 6) is -0.373. The van der Waals surface area contributed by atoms with Gasteiger partial charge in [0.25, 0.3) is 5.91 Å². The zero-order valence-corrected chi connectivity index (χ0v) is 17.9. The second-order valence-corrected chi connectivity index (χ2v) is 8.33. The normalized spacial score (nSPS) is 13.8. The third kappa shape index (κ3) is 5.59. The second-order valence-electron chi connectivity index (χ2n) is 8.33. The fourth-order valence-corrected chi connectivity index (χ4v) is 3.84. The largest absolute Gasteiger partial charge is 0.369 e. The number of carbonyl (C=O) groups is 2. The Morgan fingerprint density at radius 1 is 1.17 bits per heavy atom. The van der Waals surface area contributed by atoms with Crippen molar-refractivity contribution in [2.75, 3.05) is 24.5 Å². The van der Waals surface area contributed by atoms with E-state index in [1.165, 1.54) is 6.07 Å². The van der Waals surface area contributed by atoms with E-state index in [9.17, 15) is 14.0 Å². The zero-order valence-electron chi connectivity index (χ0n) is 17.9. The first-order chi connectivity index (χ1) is 14.3. The number of carbonyl (C=O) groups excluding carboxylic acids is 2. The Kier molecular flexibility index (Phi) is 7.08. The van der Waals surface area contributed by atoms with Crippen molar-refractivity contribution in [3.8, 4) is 0 Å². The number of nitrogens with zero attached hydrogens (tertiary/aromatic N) is 1. The summed E-state index contributed by atoms with van der Waals surface area (Å²) >= 11 is 0. The van der Waals surface area contributed by atoms with Crippen molar-refractivity contribution in [1.82, 2.24) is 10.6 Å². The summed E-state index contributed by atoms with van der Waals surface area (Å²) in [4.78, 5) is 27.5. The maximum Gasteiger partial charge on any atom is 0.251 e. The summed E-state index contributed by atoms with van der Waals surface area (Å²) in [6.45, 7) is 7.90. The quantitative estimate of drug-likeness (QED) is 0.699. The molecule has 2 aromatic rings. The van der Waals surface area contributed by atoms with Crippen LogP contribution in [0.4, 0.5) is 10.1 Å². The number of amides is 2. The van der Waals surface area contributed by atoms with Gasteiger partial charge in [-0.05, 0) is 61.6 Å². The van der Waals surface area contributed by atoms with Crippen LogP contribution in [0.15, 0.2) is 42.5 Å². The number of rotatable bonds is 8. The van der Waals surface area contributed by atoms with Gasteiger partial charge in [0.1, 0.15) is 11.9 Å². The molecule has 2 aromatic carbocycles. The molecule has 3 rings (SSSR count). The summed E-state index contributed by atoms with van der Waals surface area (Å²) < 4.78 is 13.4. The van der Waals surface area contributed by atoms with Gasteiger partial charge < -0.3 is 15.5 Å². The monoisotopic (exact) mass is 411 g/mol. The van der Waals surface area contributed by atoms with E-state index in [-0.39, 0.29) is 23.5 Å². The van der Waals surface area contributed by atoms with E-state index in [4.69, 9.17) is 0 Å². The molecule has 0 saturated heterocycles. The SMILES string of the molecule is Cc1cccc(C(=O)NC(CC(C)C)C(=O)NCCN2CCc3cc(F)ccc32)c1. The van der Waals surface area contributed by atoms with Crippen LogP contribution in [0.5, 0.6) is 0 Å². The predicted molar refractivity (Wildman–Crippen MR) is 117 cm³/mol. The Labute approximate surface area is 177 Å². The van der Waals surface area contributed by atoms with Gasteiger partial charge in [0.2, 0.25) is 5.91 Å². The maximum absolute atomic E-state index is 13.4. The lowest BCUT2D eigenvalue weighted by atomic mass is 10.0. The van der Waals surface area contributed by atoms with E-state index < -0.39 is 6.04 Å². The number of aryl methyl sites for hydroxylation is 1. The van der Waals surface area contributed by atoms with Gasteiger partial charge in [-0.1, -0.05) is 31.5 Å². The Morgan fingerprint density at radius 3 is 2.70 bits per heavy atom. The molecule has 0 aromatic heterocycles. The highest BCUT2D eigenvalue weighted by atomic mass is 19.1. The number of halogens is 1. The van der Waals surface area contributed by atoms with Gasteiger partial charge >= 0.3 is 0 Å². The van der Waals surface area contributed by atoms with Crippen molar-refractivity contribution in [1.29, 1.82) is 0 Å². The van der Waals surface area contributed by atoms with Crippen molar-refractivity contribution in [2.45, 2.75) is 39.7 Å². The molecule has 1 aliphatic rings. The van der Waals surface area contributed by atoms with E-state index in [1.807, 2.05) is 39.0 Å². The van der Waals surface area contributed by atoms with Crippen molar-refractivity contribution in [3.63, 3.8) is 0 Å². The van der Waals surface area contributed by atoms with E-state index in [2.05, 4.69) is 15.5 Å². The lowest BCUT2D eigenvalue weighted by molar-refractivity contribution is -0.123. The number of hydrogen-bond acceptors (Lipinski definition) is 3. The number of fused-ring (bicyclic) bond motifs is 1. The van der Waals surface area contributed by atoms with Crippen LogP contribution >= 0.6 is 0 Å². The molecule has 6 heteroatoms. The Bertz CT molecular complexity index is 913. The molecule has 1 aliphatic heterocycles. The predicted octanol–water partition coefficient (Wildman–Crippen LogP) is 3.46. The number of anilines is 1.